The number of carbonyl (C=O) groups is 1. The van der Waals surface area contributed by atoms with Crippen LogP contribution in [0, 0.1) is 0 Å². The normalized spacial score (nSPS) is 14.3. The Balaban J connectivity index is 1.47. The van der Waals surface area contributed by atoms with Crippen LogP contribution in [0.1, 0.15) is 41.6 Å². The maximum atomic E-state index is 12.4. The highest BCUT2D eigenvalue weighted by atomic mass is 32.1. The molecule has 0 spiro atoms. The van der Waals surface area contributed by atoms with Crippen LogP contribution < -0.4 is 10.1 Å². The van der Waals surface area contributed by atoms with Gasteiger partial charge in [-0.1, -0.05) is 43.2 Å². The minimum absolute atomic E-state index is 0.167. The molecular formula is C22H26N2O2S. The molecule has 0 saturated carbocycles. The third-order valence-corrected chi connectivity index (χ3v) is 5.09. The lowest BCUT2D eigenvalue weighted by Gasteiger charge is -2.23. The summed E-state index contributed by atoms with van der Waals surface area (Å²) in [4.78, 5) is 14.5. The van der Waals surface area contributed by atoms with Crippen LogP contribution in [0.5, 0.6) is 5.75 Å². The van der Waals surface area contributed by atoms with Gasteiger partial charge in [-0.2, -0.15) is 0 Å². The highest BCUT2D eigenvalue weighted by Gasteiger charge is 2.15. The van der Waals surface area contributed by atoms with Gasteiger partial charge in [0, 0.05) is 25.1 Å². The van der Waals surface area contributed by atoms with Crippen molar-refractivity contribution in [1.82, 2.24) is 10.2 Å². The van der Waals surface area contributed by atoms with Gasteiger partial charge in [0.15, 0.2) is 5.11 Å². The summed E-state index contributed by atoms with van der Waals surface area (Å²) in [5.41, 5.74) is 1.83. The fourth-order valence-electron chi connectivity index (χ4n) is 3.16. The zero-order chi connectivity index (χ0) is 18.9. The van der Waals surface area contributed by atoms with Gasteiger partial charge in [-0.25, -0.2) is 0 Å². The summed E-state index contributed by atoms with van der Waals surface area (Å²) in [6.45, 7) is 2.45. The minimum Gasteiger partial charge on any atom is -0.493 e. The molecule has 142 valence electrons. The van der Waals surface area contributed by atoms with Gasteiger partial charge in [0.25, 0.3) is 5.91 Å². The Hall–Kier alpha value is -2.40. The van der Waals surface area contributed by atoms with Crippen molar-refractivity contribution in [2.45, 2.75) is 32.1 Å². The highest BCUT2D eigenvalue weighted by Crippen LogP contribution is 2.14. The first-order valence-electron chi connectivity index (χ1n) is 9.59. The number of nitrogens with zero attached hydrogens (tertiary/aromatic N) is 1. The second kappa shape index (κ2) is 10.1. The molecule has 1 saturated heterocycles. The maximum absolute atomic E-state index is 12.4. The molecule has 0 aliphatic carbocycles. The predicted octanol–water partition coefficient (Wildman–Crippen LogP) is 4.20. The molecule has 0 atom stereocenters. The number of thiocarbonyl (C=S) groups is 1. The molecule has 5 heteroatoms. The van der Waals surface area contributed by atoms with Crippen molar-refractivity contribution in [3.63, 3.8) is 0 Å². The van der Waals surface area contributed by atoms with E-state index >= 15 is 0 Å². The molecule has 0 bridgehead atoms. The zero-order valence-corrected chi connectivity index (χ0v) is 16.3. The smallest absolute Gasteiger partial charge is 0.257 e. The number of likely N-dealkylation sites (tertiary alicyclic amines) is 1. The molecule has 0 unspecified atom stereocenters. The largest absolute Gasteiger partial charge is 0.493 e. The average molecular weight is 383 g/mol. The number of rotatable bonds is 5. The predicted molar refractivity (Wildman–Crippen MR) is 112 cm³/mol. The summed E-state index contributed by atoms with van der Waals surface area (Å²) < 4.78 is 5.77. The van der Waals surface area contributed by atoms with Crippen LogP contribution in [0.2, 0.25) is 0 Å². The Morgan fingerprint density at radius 1 is 0.963 bits per heavy atom. The lowest BCUT2D eigenvalue weighted by Crippen LogP contribution is -2.43. The number of amides is 1. The second-order valence-corrected chi connectivity index (χ2v) is 7.16. The van der Waals surface area contributed by atoms with Gasteiger partial charge >= 0.3 is 0 Å². The third-order valence-electron chi connectivity index (χ3n) is 4.73. The van der Waals surface area contributed by atoms with E-state index in [1.807, 2.05) is 30.3 Å². The Morgan fingerprint density at radius 3 is 2.30 bits per heavy atom. The van der Waals surface area contributed by atoms with Gasteiger partial charge in [-0.3, -0.25) is 10.1 Å². The molecule has 2 aromatic carbocycles. The zero-order valence-electron chi connectivity index (χ0n) is 15.5. The van der Waals surface area contributed by atoms with Crippen molar-refractivity contribution < 1.29 is 9.53 Å². The molecule has 27 heavy (non-hydrogen) atoms. The molecular weight excluding hydrogens is 356 g/mol. The fraction of sp³-hybridized carbons (Fsp3) is 0.364. The number of benzene rings is 2. The molecule has 0 radical (unpaired) electrons. The summed E-state index contributed by atoms with van der Waals surface area (Å²) in [5, 5.41) is 3.39. The Kier molecular flexibility index (Phi) is 7.22. The highest BCUT2D eigenvalue weighted by molar-refractivity contribution is 7.80. The summed E-state index contributed by atoms with van der Waals surface area (Å²) in [7, 11) is 0. The molecule has 3 rings (SSSR count). The van der Waals surface area contributed by atoms with E-state index in [0.29, 0.717) is 17.3 Å². The van der Waals surface area contributed by atoms with Gasteiger partial charge in [0.05, 0.1) is 6.61 Å². The van der Waals surface area contributed by atoms with Crippen LogP contribution in [0.4, 0.5) is 0 Å². The van der Waals surface area contributed by atoms with Crippen molar-refractivity contribution in [2.75, 3.05) is 19.7 Å². The first kappa shape index (κ1) is 19.4. The lowest BCUT2D eigenvalue weighted by molar-refractivity contribution is 0.0973. The van der Waals surface area contributed by atoms with Crippen molar-refractivity contribution in [2.24, 2.45) is 0 Å². The molecule has 1 fully saturated rings. The van der Waals surface area contributed by atoms with Crippen LogP contribution in [-0.4, -0.2) is 35.6 Å². The summed E-state index contributed by atoms with van der Waals surface area (Å²) in [6.07, 6.45) is 5.58. The molecule has 1 aliphatic rings. The number of nitrogens with one attached hydrogen (secondary N) is 1. The fourth-order valence-corrected chi connectivity index (χ4v) is 3.43. The van der Waals surface area contributed by atoms with Crippen LogP contribution in [0.3, 0.4) is 0 Å². The first-order chi connectivity index (χ1) is 13.2. The summed E-state index contributed by atoms with van der Waals surface area (Å²) in [6, 6.07) is 17.4. The van der Waals surface area contributed by atoms with E-state index in [-0.39, 0.29) is 5.91 Å². The molecule has 1 N–H and O–H groups in total. The molecule has 0 aromatic heterocycles. The Bertz CT molecular complexity index is 739. The lowest BCUT2D eigenvalue weighted by atomic mass is 10.2. The van der Waals surface area contributed by atoms with Gasteiger partial charge in [-0.15, -0.1) is 0 Å². The Morgan fingerprint density at radius 2 is 1.63 bits per heavy atom. The topological polar surface area (TPSA) is 41.6 Å². The number of carbonyl (C=O) groups excluding carboxylic acids is 1. The average Bonchev–Trinajstić information content (AvgIpc) is 2.99. The van der Waals surface area contributed by atoms with E-state index in [2.05, 4.69) is 22.3 Å². The van der Waals surface area contributed by atoms with Gasteiger partial charge in [-0.05, 0) is 54.9 Å². The van der Waals surface area contributed by atoms with E-state index in [0.717, 1.165) is 38.1 Å². The van der Waals surface area contributed by atoms with Crippen molar-refractivity contribution in [3.8, 4) is 5.75 Å². The van der Waals surface area contributed by atoms with E-state index in [1.54, 1.807) is 12.1 Å². The van der Waals surface area contributed by atoms with Crippen LogP contribution in [0.25, 0.3) is 0 Å². The summed E-state index contributed by atoms with van der Waals surface area (Å²) in [5.74, 6) is 0.595. The van der Waals surface area contributed by atoms with Crippen LogP contribution >= 0.6 is 12.2 Å². The maximum Gasteiger partial charge on any atom is 0.257 e. The number of hydrogen-bond donors (Lipinski definition) is 1. The van der Waals surface area contributed by atoms with Crippen LogP contribution in [0.15, 0.2) is 54.6 Å². The molecule has 1 aliphatic heterocycles. The monoisotopic (exact) mass is 382 g/mol. The molecule has 2 aromatic rings. The molecule has 1 heterocycles. The van der Waals surface area contributed by atoms with E-state index in [4.69, 9.17) is 17.0 Å². The first-order valence-corrected chi connectivity index (χ1v) is 10.0. The minimum atomic E-state index is -0.167. The standard InChI is InChI=1S/C22H26N2O2S/c25-21(23-22(27)24-15-6-1-2-7-16-24)19-10-12-20(13-11-19)26-17-14-18-8-4-3-5-9-18/h3-5,8-13H,1-2,6-7,14-17H2,(H,23,25,27). The SMILES string of the molecule is O=C(NC(=S)N1CCCCCC1)c1ccc(OCCc2ccccc2)cc1. The quantitative estimate of drug-likeness (QED) is 0.787. The van der Waals surface area contributed by atoms with E-state index in [1.165, 1.54) is 18.4 Å². The number of ether oxygens (including phenoxy) is 1. The summed E-state index contributed by atoms with van der Waals surface area (Å²) >= 11 is 5.41. The third kappa shape index (κ3) is 6.07. The van der Waals surface area contributed by atoms with Gasteiger partial charge in [0.2, 0.25) is 0 Å². The van der Waals surface area contributed by atoms with Gasteiger partial charge < -0.3 is 9.64 Å². The van der Waals surface area contributed by atoms with Crippen LogP contribution in [-0.2, 0) is 6.42 Å². The second-order valence-electron chi connectivity index (χ2n) is 6.77. The van der Waals surface area contributed by atoms with Gasteiger partial charge in [0.1, 0.15) is 5.75 Å². The Labute approximate surface area is 166 Å². The van der Waals surface area contributed by atoms with E-state index in [9.17, 15) is 4.79 Å². The van der Waals surface area contributed by atoms with E-state index < -0.39 is 0 Å². The van der Waals surface area contributed by atoms with Crippen molar-refractivity contribution in [3.05, 3.63) is 65.7 Å². The molecule has 4 nitrogen and oxygen atoms in total. The molecule has 1 amide bonds. The van der Waals surface area contributed by atoms with Crippen molar-refractivity contribution in [1.29, 1.82) is 0 Å². The van der Waals surface area contributed by atoms with Crippen molar-refractivity contribution >= 4 is 23.2 Å². The number of hydrogen-bond acceptors (Lipinski definition) is 3.